The molecule has 19 heavy (non-hydrogen) atoms. The summed E-state index contributed by atoms with van der Waals surface area (Å²) in [6.45, 7) is 7.27. The summed E-state index contributed by atoms with van der Waals surface area (Å²) in [5.41, 5.74) is 6.17. The minimum absolute atomic E-state index is 0.0344. The molecule has 1 unspecified atom stereocenters. The van der Waals surface area contributed by atoms with Crippen LogP contribution in [0.5, 0.6) is 0 Å². The lowest BCUT2D eigenvalue weighted by Gasteiger charge is -2.35. The monoisotopic (exact) mass is 265 g/mol. The lowest BCUT2D eigenvalue weighted by atomic mass is 10.1. The van der Waals surface area contributed by atoms with Crippen LogP contribution in [-0.2, 0) is 7.05 Å². The number of amides is 1. The number of hydrogen-bond acceptors (Lipinski definition) is 4. The number of rotatable bonds is 4. The summed E-state index contributed by atoms with van der Waals surface area (Å²) in [5, 5.41) is 4.16. The molecule has 1 aromatic rings. The maximum Gasteiger partial charge on any atom is 0.274 e. The Balaban J connectivity index is 1.84. The molecular weight excluding hydrogens is 242 g/mol. The number of piperazine rings is 1. The Hall–Kier alpha value is -1.40. The average molecular weight is 265 g/mol. The van der Waals surface area contributed by atoms with Crippen LogP contribution in [0, 0.1) is 5.92 Å². The van der Waals surface area contributed by atoms with Crippen LogP contribution in [-0.4, -0.2) is 64.8 Å². The van der Waals surface area contributed by atoms with Gasteiger partial charge in [-0.2, -0.15) is 5.10 Å². The van der Waals surface area contributed by atoms with Crippen LogP contribution in [0.15, 0.2) is 12.3 Å². The Labute approximate surface area is 114 Å². The smallest absolute Gasteiger partial charge is 0.274 e. The highest BCUT2D eigenvalue weighted by Crippen LogP contribution is 2.08. The Bertz CT molecular complexity index is 422. The molecule has 106 valence electrons. The van der Waals surface area contributed by atoms with Crippen molar-refractivity contribution in [3.63, 3.8) is 0 Å². The third-order valence-electron chi connectivity index (χ3n) is 3.56. The first-order valence-corrected chi connectivity index (χ1v) is 6.81. The van der Waals surface area contributed by atoms with Crippen LogP contribution in [0.4, 0.5) is 0 Å². The fraction of sp³-hybridized carbons (Fsp3) is 0.692. The van der Waals surface area contributed by atoms with Crippen molar-refractivity contribution in [3.05, 3.63) is 18.0 Å². The third kappa shape index (κ3) is 3.54. The molecule has 1 atom stereocenters. The molecule has 2 rings (SSSR count). The number of nitrogens with zero attached hydrogens (tertiary/aromatic N) is 4. The predicted octanol–water partition coefficient (Wildman–Crippen LogP) is -0.227. The zero-order valence-electron chi connectivity index (χ0n) is 11.7. The summed E-state index contributed by atoms with van der Waals surface area (Å²) >= 11 is 0. The first-order chi connectivity index (χ1) is 9.10. The van der Waals surface area contributed by atoms with Crippen molar-refractivity contribution >= 4 is 5.91 Å². The molecule has 0 bridgehead atoms. The van der Waals surface area contributed by atoms with Crippen molar-refractivity contribution in [1.29, 1.82) is 0 Å². The molecule has 1 aromatic heterocycles. The van der Waals surface area contributed by atoms with Crippen LogP contribution in [0.25, 0.3) is 0 Å². The van der Waals surface area contributed by atoms with E-state index in [1.165, 1.54) is 0 Å². The fourth-order valence-electron chi connectivity index (χ4n) is 2.34. The minimum Gasteiger partial charge on any atom is -0.335 e. The summed E-state index contributed by atoms with van der Waals surface area (Å²) < 4.78 is 1.66. The largest absolute Gasteiger partial charge is 0.335 e. The summed E-state index contributed by atoms with van der Waals surface area (Å²) in [6, 6.07) is 1.77. The van der Waals surface area contributed by atoms with Gasteiger partial charge in [0.15, 0.2) is 0 Å². The van der Waals surface area contributed by atoms with Gasteiger partial charge in [-0.05, 0) is 18.5 Å². The molecule has 1 aliphatic rings. The zero-order valence-corrected chi connectivity index (χ0v) is 11.7. The molecular formula is C13H23N5O. The summed E-state index contributed by atoms with van der Waals surface area (Å²) in [7, 11) is 1.82. The molecule has 1 saturated heterocycles. The molecule has 0 radical (unpaired) electrons. The topological polar surface area (TPSA) is 67.4 Å². The number of carbonyl (C=O) groups is 1. The van der Waals surface area contributed by atoms with Gasteiger partial charge in [-0.25, -0.2) is 0 Å². The standard InChI is InChI=1S/C13H23N5O/c1-11(9-14)10-17-5-7-18(8-6-17)13(19)12-3-4-16(2)15-12/h3-4,11H,5-10,14H2,1-2H3. The summed E-state index contributed by atoms with van der Waals surface area (Å²) in [4.78, 5) is 16.5. The van der Waals surface area contributed by atoms with Crippen molar-refractivity contribution < 1.29 is 4.79 Å². The van der Waals surface area contributed by atoms with Gasteiger partial charge in [0, 0.05) is 46.0 Å². The molecule has 1 aliphatic heterocycles. The number of aromatic nitrogens is 2. The maximum atomic E-state index is 12.2. The average Bonchev–Trinajstić information content (AvgIpc) is 2.85. The van der Waals surface area contributed by atoms with Gasteiger partial charge in [-0.3, -0.25) is 14.4 Å². The van der Waals surface area contributed by atoms with Crippen LogP contribution in [0.1, 0.15) is 17.4 Å². The van der Waals surface area contributed by atoms with Gasteiger partial charge >= 0.3 is 0 Å². The molecule has 0 aromatic carbocycles. The molecule has 6 heteroatoms. The molecule has 0 spiro atoms. The second-order valence-corrected chi connectivity index (χ2v) is 5.31. The Morgan fingerprint density at radius 2 is 2.11 bits per heavy atom. The lowest BCUT2D eigenvalue weighted by molar-refractivity contribution is 0.0615. The maximum absolute atomic E-state index is 12.2. The van der Waals surface area contributed by atoms with E-state index in [4.69, 9.17) is 5.73 Å². The normalized spacial score (nSPS) is 18.6. The SMILES string of the molecule is CC(CN)CN1CCN(C(=O)c2ccn(C)n2)CC1. The molecule has 0 saturated carbocycles. The van der Waals surface area contributed by atoms with Gasteiger partial charge in [0.05, 0.1) is 0 Å². The first kappa shape index (κ1) is 14.0. The number of hydrogen-bond donors (Lipinski definition) is 1. The molecule has 2 N–H and O–H groups in total. The highest BCUT2D eigenvalue weighted by Gasteiger charge is 2.23. The van der Waals surface area contributed by atoms with Gasteiger partial charge in [0.25, 0.3) is 5.91 Å². The van der Waals surface area contributed by atoms with Crippen LogP contribution in [0.3, 0.4) is 0 Å². The molecule has 6 nitrogen and oxygen atoms in total. The Morgan fingerprint density at radius 1 is 1.42 bits per heavy atom. The van der Waals surface area contributed by atoms with E-state index in [1.54, 1.807) is 16.9 Å². The van der Waals surface area contributed by atoms with Crippen molar-refractivity contribution in [1.82, 2.24) is 19.6 Å². The van der Waals surface area contributed by atoms with E-state index >= 15 is 0 Å². The fourth-order valence-corrected chi connectivity index (χ4v) is 2.34. The van der Waals surface area contributed by atoms with Crippen LogP contribution < -0.4 is 5.73 Å². The number of nitrogens with two attached hydrogens (primary N) is 1. The Kier molecular flexibility index (Phi) is 4.55. The van der Waals surface area contributed by atoms with Gasteiger partial charge in [-0.15, -0.1) is 0 Å². The highest BCUT2D eigenvalue weighted by atomic mass is 16.2. The van der Waals surface area contributed by atoms with Gasteiger partial charge in [0.2, 0.25) is 0 Å². The second kappa shape index (κ2) is 6.16. The van der Waals surface area contributed by atoms with Crippen molar-refractivity contribution in [2.45, 2.75) is 6.92 Å². The zero-order chi connectivity index (χ0) is 13.8. The number of aryl methyl sites for hydroxylation is 1. The summed E-state index contributed by atoms with van der Waals surface area (Å²) in [6.07, 6.45) is 1.80. The van der Waals surface area contributed by atoms with Crippen LogP contribution >= 0.6 is 0 Å². The summed E-state index contributed by atoms with van der Waals surface area (Å²) in [5.74, 6) is 0.546. The Morgan fingerprint density at radius 3 is 2.63 bits per heavy atom. The molecule has 2 heterocycles. The third-order valence-corrected chi connectivity index (χ3v) is 3.56. The first-order valence-electron chi connectivity index (χ1n) is 6.81. The van der Waals surface area contributed by atoms with E-state index in [2.05, 4.69) is 16.9 Å². The van der Waals surface area contributed by atoms with Crippen molar-refractivity contribution in [2.24, 2.45) is 18.7 Å². The van der Waals surface area contributed by atoms with E-state index < -0.39 is 0 Å². The molecule has 0 aliphatic carbocycles. The van der Waals surface area contributed by atoms with Crippen molar-refractivity contribution in [3.8, 4) is 0 Å². The van der Waals surface area contributed by atoms with E-state index in [0.29, 0.717) is 18.2 Å². The second-order valence-electron chi connectivity index (χ2n) is 5.31. The molecule has 1 fully saturated rings. The van der Waals surface area contributed by atoms with Crippen LogP contribution in [0.2, 0.25) is 0 Å². The number of carbonyl (C=O) groups excluding carboxylic acids is 1. The van der Waals surface area contributed by atoms with Gasteiger partial charge in [0.1, 0.15) is 5.69 Å². The lowest BCUT2D eigenvalue weighted by Crippen LogP contribution is -2.50. The van der Waals surface area contributed by atoms with E-state index in [0.717, 1.165) is 32.7 Å². The van der Waals surface area contributed by atoms with E-state index in [-0.39, 0.29) is 5.91 Å². The van der Waals surface area contributed by atoms with Gasteiger partial charge in [-0.1, -0.05) is 6.92 Å². The van der Waals surface area contributed by atoms with Crippen molar-refractivity contribution in [2.75, 3.05) is 39.3 Å². The highest BCUT2D eigenvalue weighted by molar-refractivity contribution is 5.92. The molecule has 1 amide bonds. The van der Waals surface area contributed by atoms with Gasteiger partial charge < -0.3 is 10.6 Å². The van der Waals surface area contributed by atoms with E-state index in [9.17, 15) is 4.79 Å². The predicted molar refractivity (Wildman–Crippen MR) is 73.8 cm³/mol. The minimum atomic E-state index is 0.0344. The quantitative estimate of drug-likeness (QED) is 0.817. The van der Waals surface area contributed by atoms with E-state index in [1.807, 2.05) is 11.9 Å².